The fraction of sp³-hybridized carbons (Fsp3) is 0.125. The van der Waals surface area contributed by atoms with Gasteiger partial charge in [-0.2, -0.15) is 0 Å². The lowest BCUT2D eigenvalue weighted by molar-refractivity contribution is -0.114. The van der Waals surface area contributed by atoms with Gasteiger partial charge in [0.05, 0.1) is 0 Å². The van der Waals surface area contributed by atoms with Crippen LogP contribution >= 0.6 is 15.9 Å². The fourth-order valence-corrected chi connectivity index (χ4v) is 1.97. The van der Waals surface area contributed by atoms with Crippen LogP contribution in [0, 0.1) is 0 Å². The molecule has 21 heavy (non-hydrogen) atoms. The average Bonchev–Trinajstić information content (AvgIpc) is 2.46. The Balaban J connectivity index is 1.92. The van der Waals surface area contributed by atoms with E-state index in [9.17, 15) is 9.59 Å². The van der Waals surface area contributed by atoms with Gasteiger partial charge >= 0.3 is 0 Å². The first-order valence-electron chi connectivity index (χ1n) is 6.34. The van der Waals surface area contributed by atoms with Crippen LogP contribution in [0.15, 0.2) is 53.0 Å². The minimum absolute atomic E-state index is 0.0267. The molecule has 0 saturated carbocycles. The van der Waals surface area contributed by atoms with Crippen LogP contribution in [0.3, 0.4) is 0 Å². The Morgan fingerprint density at radius 1 is 1.05 bits per heavy atom. The summed E-state index contributed by atoms with van der Waals surface area (Å²) in [5.41, 5.74) is 1.29. The van der Waals surface area contributed by atoms with Crippen molar-refractivity contribution in [3.8, 4) is 5.75 Å². The summed E-state index contributed by atoms with van der Waals surface area (Å²) in [6.45, 7) is 1.42. The molecule has 1 N–H and O–H groups in total. The van der Waals surface area contributed by atoms with Crippen LogP contribution in [-0.2, 0) is 4.79 Å². The number of amides is 1. The number of halogens is 1. The molecule has 0 unspecified atom stereocenters. The summed E-state index contributed by atoms with van der Waals surface area (Å²) in [4.78, 5) is 22.8. The van der Waals surface area contributed by atoms with Gasteiger partial charge in [-0.25, -0.2) is 0 Å². The standard InChI is InChI=1S/C16H14BrNO3/c1-11(19)18-14-6-8-15(9-7-14)21-10-16(20)12-2-4-13(17)5-3-12/h2-9H,10H2,1H3,(H,18,19). The van der Waals surface area contributed by atoms with Gasteiger partial charge in [-0.3, -0.25) is 9.59 Å². The highest BCUT2D eigenvalue weighted by atomic mass is 79.9. The zero-order valence-corrected chi connectivity index (χ0v) is 13.0. The summed E-state index contributed by atoms with van der Waals surface area (Å²) in [6, 6.07) is 14.0. The third-order valence-electron chi connectivity index (χ3n) is 2.71. The van der Waals surface area contributed by atoms with E-state index in [-0.39, 0.29) is 18.3 Å². The lowest BCUT2D eigenvalue weighted by Crippen LogP contribution is -2.11. The Morgan fingerprint density at radius 3 is 2.24 bits per heavy atom. The predicted octanol–water partition coefficient (Wildman–Crippen LogP) is 3.67. The zero-order valence-electron chi connectivity index (χ0n) is 11.4. The smallest absolute Gasteiger partial charge is 0.221 e. The molecule has 0 heterocycles. The van der Waals surface area contributed by atoms with E-state index in [1.54, 1.807) is 36.4 Å². The van der Waals surface area contributed by atoms with Crippen LogP contribution in [0.1, 0.15) is 17.3 Å². The van der Waals surface area contributed by atoms with Gasteiger partial charge in [-0.15, -0.1) is 0 Å². The van der Waals surface area contributed by atoms with E-state index in [0.29, 0.717) is 17.0 Å². The van der Waals surface area contributed by atoms with E-state index in [0.717, 1.165) is 4.47 Å². The van der Waals surface area contributed by atoms with Crippen molar-refractivity contribution in [1.29, 1.82) is 0 Å². The summed E-state index contributed by atoms with van der Waals surface area (Å²) in [6.07, 6.45) is 0. The molecular weight excluding hydrogens is 334 g/mol. The second kappa shape index (κ2) is 7.04. The molecule has 0 radical (unpaired) electrons. The van der Waals surface area contributed by atoms with Crippen molar-refractivity contribution in [2.75, 3.05) is 11.9 Å². The van der Waals surface area contributed by atoms with E-state index in [1.807, 2.05) is 12.1 Å². The van der Waals surface area contributed by atoms with E-state index in [1.165, 1.54) is 6.92 Å². The molecular formula is C16H14BrNO3. The van der Waals surface area contributed by atoms with Gasteiger partial charge in [0.1, 0.15) is 5.75 Å². The first-order chi connectivity index (χ1) is 10.0. The maximum Gasteiger partial charge on any atom is 0.221 e. The first-order valence-corrected chi connectivity index (χ1v) is 7.13. The fourth-order valence-electron chi connectivity index (χ4n) is 1.71. The molecule has 0 aliphatic carbocycles. The number of nitrogens with one attached hydrogen (secondary N) is 1. The molecule has 0 fully saturated rings. The monoisotopic (exact) mass is 347 g/mol. The average molecular weight is 348 g/mol. The van der Waals surface area contributed by atoms with Gasteiger partial charge < -0.3 is 10.1 Å². The van der Waals surface area contributed by atoms with Gasteiger partial charge in [0, 0.05) is 22.6 Å². The zero-order chi connectivity index (χ0) is 15.2. The van der Waals surface area contributed by atoms with Crippen molar-refractivity contribution >= 4 is 33.3 Å². The third kappa shape index (κ3) is 4.72. The number of rotatable bonds is 5. The third-order valence-corrected chi connectivity index (χ3v) is 3.24. The molecule has 0 saturated heterocycles. The van der Waals surface area contributed by atoms with E-state index >= 15 is 0 Å². The summed E-state index contributed by atoms with van der Waals surface area (Å²) < 4.78 is 6.36. The number of hydrogen-bond acceptors (Lipinski definition) is 3. The molecule has 108 valence electrons. The van der Waals surface area contributed by atoms with Crippen LogP contribution in [0.5, 0.6) is 5.75 Å². The Kier molecular flexibility index (Phi) is 5.11. The van der Waals surface area contributed by atoms with Crippen LogP contribution in [0.25, 0.3) is 0 Å². The Labute approximate surface area is 131 Å². The maximum atomic E-state index is 11.9. The van der Waals surface area contributed by atoms with E-state index in [2.05, 4.69) is 21.2 Å². The van der Waals surface area contributed by atoms with Crippen molar-refractivity contribution in [1.82, 2.24) is 0 Å². The van der Waals surface area contributed by atoms with Crippen molar-refractivity contribution in [2.45, 2.75) is 6.92 Å². The Morgan fingerprint density at radius 2 is 1.67 bits per heavy atom. The number of ketones is 1. The predicted molar refractivity (Wildman–Crippen MR) is 84.7 cm³/mol. The van der Waals surface area contributed by atoms with Gasteiger partial charge in [-0.1, -0.05) is 28.1 Å². The second-order valence-corrected chi connectivity index (χ2v) is 5.34. The van der Waals surface area contributed by atoms with Crippen LogP contribution in [0.2, 0.25) is 0 Å². The number of ether oxygens (including phenoxy) is 1. The van der Waals surface area contributed by atoms with Crippen molar-refractivity contribution in [3.63, 3.8) is 0 Å². The molecule has 2 rings (SSSR count). The Hall–Kier alpha value is -2.14. The molecule has 0 spiro atoms. The highest BCUT2D eigenvalue weighted by Gasteiger charge is 2.06. The molecule has 4 nitrogen and oxygen atoms in total. The molecule has 0 aliphatic heterocycles. The summed E-state index contributed by atoms with van der Waals surface area (Å²) >= 11 is 3.32. The molecule has 0 bridgehead atoms. The van der Waals surface area contributed by atoms with Crippen LogP contribution in [0.4, 0.5) is 5.69 Å². The van der Waals surface area contributed by atoms with Crippen LogP contribution in [-0.4, -0.2) is 18.3 Å². The van der Waals surface area contributed by atoms with Crippen molar-refractivity contribution in [2.24, 2.45) is 0 Å². The van der Waals surface area contributed by atoms with Crippen LogP contribution < -0.4 is 10.1 Å². The molecule has 5 heteroatoms. The lowest BCUT2D eigenvalue weighted by atomic mass is 10.1. The Bertz CT molecular complexity index is 636. The minimum atomic E-state index is -0.130. The molecule has 2 aromatic rings. The first kappa shape index (κ1) is 15.3. The number of benzene rings is 2. The highest BCUT2D eigenvalue weighted by molar-refractivity contribution is 9.10. The van der Waals surface area contributed by atoms with Crippen molar-refractivity contribution in [3.05, 3.63) is 58.6 Å². The molecule has 1 amide bonds. The summed E-state index contributed by atoms with van der Waals surface area (Å²) in [7, 11) is 0. The summed E-state index contributed by atoms with van der Waals surface area (Å²) in [5, 5.41) is 2.66. The molecule has 2 aromatic carbocycles. The number of carbonyl (C=O) groups excluding carboxylic acids is 2. The molecule has 0 aromatic heterocycles. The maximum absolute atomic E-state index is 11.9. The quantitative estimate of drug-likeness (QED) is 0.839. The lowest BCUT2D eigenvalue weighted by Gasteiger charge is -2.07. The molecule has 0 aliphatic rings. The van der Waals surface area contributed by atoms with E-state index in [4.69, 9.17) is 4.74 Å². The number of carbonyl (C=O) groups is 2. The number of anilines is 1. The second-order valence-electron chi connectivity index (χ2n) is 4.42. The van der Waals surface area contributed by atoms with E-state index < -0.39 is 0 Å². The van der Waals surface area contributed by atoms with Gasteiger partial charge in [0.25, 0.3) is 0 Å². The highest BCUT2D eigenvalue weighted by Crippen LogP contribution is 2.16. The van der Waals surface area contributed by atoms with Crippen molar-refractivity contribution < 1.29 is 14.3 Å². The van der Waals surface area contributed by atoms with Gasteiger partial charge in [0.15, 0.2) is 12.4 Å². The number of hydrogen-bond donors (Lipinski definition) is 1. The normalized spacial score (nSPS) is 10.0. The summed E-state index contributed by atoms with van der Waals surface area (Å²) in [5.74, 6) is 0.358. The minimum Gasteiger partial charge on any atom is -0.485 e. The SMILES string of the molecule is CC(=O)Nc1ccc(OCC(=O)c2ccc(Br)cc2)cc1. The number of Topliss-reactive ketones (excluding diaryl/α,β-unsaturated/α-hetero) is 1. The van der Waals surface area contributed by atoms with Gasteiger partial charge in [0.2, 0.25) is 5.91 Å². The largest absolute Gasteiger partial charge is 0.485 e. The van der Waals surface area contributed by atoms with Gasteiger partial charge in [-0.05, 0) is 36.4 Å². The topological polar surface area (TPSA) is 55.4 Å². The molecule has 0 atom stereocenters.